The summed E-state index contributed by atoms with van der Waals surface area (Å²) < 4.78 is 5.44. The van der Waals surface area contributed by atoms with Crippen LogP contribution in [0, 0.1) is 18.8 Å². The number of hydrogen-bond donors (Lipinski definition) is 1. The molecule has 3 heterocycles. The highest BCUT2D eigenvalue weighted by Crippen LogP contribution is 2.40. The van der Waals surface area contributed by atoms with E-state index in [1.807, 2.05) is 10.3 Å². The molecule has 2 aliphatic rings. The fourth-order valence-corrected chi connectivity index (χ4v) is 5.33. The summed E-state index contributed by atoms with van der Waals surface area (Å²) in [7, 11) is 0. The Morgan fingerprint density at radius 1 is 1.46 bits per heavy atom. The molecule has 1 N–H and O–H groups in total. The Bertz CT molecular complexity index is 593. The highest BCUT2D eigenvalue weighted by atomic mass is 32.1. The van der Waals surface area contributed by atoms with Gasteiger partial charge < -0.3 is 14.7 Å². The van der Waals surface area contributed by atoms with Crippen LogP contribution in [-0.2, 0) is 11.2 Å². The van der Waals surface area contributed by atoms with Crippen LogP contribution in [0.5, 0.6) is 0 Å². The SMILES string of the molecule is CCc1c(C(=O)N2CC[C@@](O)(C3CCOCC3)[C@H](C)C2)csc1C. The number of nitrogens with zero attached hydrogens (tertiary/aromatic N) is 1. The summed E-state index contributed by atoms with van der Waals surface area (Å²) >= 11 is 1.66. The molecule has 134 valence electrons. The third-order valence-electron chi connectivity index (χ3n) is 6.03. The van der Waals surface area contributed by atoms with Crippen molar-refractivity contribution < 1.29 is 14.6 Å². The highest BCUT2D eigenvalue weighted by Gasteiger charge is 2.46. The van der Waals surface area contributed by atoms with E-state index in [0.717, 1.165) is 38.0 Å². The van der Waals surface area contributed by atoms with Crippen molar-refractivity contribution in [2.75, 3.05) is 26.3 Å². The molecule has 0 radical (unpaired) electrons. The molecule has 1 aromatic rings. The van der Waals surface area contributed by atoms with Crippen molar-refractivity contribution in [1.29, 1.82) is 0 Å². The van der Waals surface area contributed by atoms with Crippen LogP contribution in [0.2, 0.25) is 0 Å². The molecule has 0 spiro atoms. The van der Waals surface area contributed by atoms with Crippen LogP contribution in [0.3, 0.4) is 0 Å². The average Bonchev–Trinajstić information content (AvgIpc) is 2.98. The van der Waals surface area contributed by atoms with Crippen molar-refractivity contribution in [1.82, 2.24) is 4.90 Å². The number of rotatable bonds is 3. The highest BCUT2D eigenvalue weighted by molar-refractivity contribution is 7.10. The molecule has 2 atom stereocenters. The Kier molecular flexibility index (Phi) is 5.33. The van der Waals surface area contributed by atoms with Gasteiger partial charge in [0.25, 0.3) is 5.91 Å². The summed E-state index contributed by atoms with van der Waals surface area (Å²) in [6.45, 7) is 9.07. The van der Waals surface area contributed by atoms with Crippen LogP contribution in [0.1, 0.15) is 53.9 Å². The normalized spacial score (nSPS) is 29.0. The van der Waals surface area contributed by atoms with Gasteiger partial charge in [-0.3, -0.25) is 4.79 Å². The van der Waals surface area contributed by atoms with Crippen LogP contribution < -0.4 is 0 Å². The van der Waals surface area contributed by atoms with Crippen LogP contribution in [0.25, 0.3) is 0 Å². The number of aliphatic hydroxyl groups is 1. The number of likely N-dealkylation sites (tertiary alicyclic amines) is 1. The zero-order chi connectivity index (χ0) is 17.3. The smallest absolute Gasteiger partial charge is 0.254 e. The monoisotopic (exact) mass is 351 g/mol. The van der Waals surface area contributed by atoms with Gasteiger partial charge in [-0.05, 0) is 44.1 Å². The van der Waals surface area contributed by atoms with Crippen molar-refractivity contribution in [2.24, 2.45) is 11.8 Å². The Hall–Kier alpha value is -0.910. The predicted molar refractivity (Wildman–Crippen MR) is 96.6 cm³/mol. The third-order valence-corrected chi connectivity index (χ3v) is 6.99. The molecule has 1 aromatic heterocycles. The first-order valence-corrected chi connectivity index (χ1v) is 10.0. The maximum absolute atomic E-state index is 13.0. The molecule has 0 aromatic carbocycles. The standard InChI is InChI=1S/C19H29NO3S/c1-4-16-14(3)24-12-17(16)18(21)20-8-7-19(22,13(2)11-20)15-5-9-23-10-6-15/h12-13,15,22H,4-11H2,1-3H3/t13-,19+/m1/s1. The largest absolute Gasteiger partial charge is 0.389 e. The lowest BCUT2D eigenvalue weighted by molar-refractivity contribution is -0.125. The Labute approximate surface area is 148 Å². The second-order valence-electron chi connectivity index (χ2n) is 7.32. The van der Waals surface area contributed by atoms with Crippen LogP contribution in [-0.4, -0.2) is 47.8 Å². The van der Waals surface area contributed by atoms with E-state index in [9.17, 15) is 9.90 Å². The number of aryl methyl sites for hydroxylation is 1. The lowest BCUT2D eigenvalue weighted by Gasteiger charge is -2.48. The van der Waals surface area contributed by atoms with Gasteiger partial charge in [0.15, 0.2) is 0 Å². The molecular formula is C19H29NO3S. The lowest BCUT2D eigenvalue weighted by Crippen LogP contribution is -2.56. The second kappa shape index (κ2) is 7.14. The van der Waals surface area contributed by atoms with E-state index in [1.54, 1.807) is 11.3 Å². The van der Waals surface area contributed by atoms with Crippen LogP contribution in [0.4, 0.5) is 0 Å². The summed E-state index contributed by atoms with van der Waals surface area (Å²) in [4.78, 5) is 16.1. The molecule has 24 heavy (non-hydrogen) atoms. The van der Waals surface area contributed by atoms with Gasteiger partial charge in [-0.1, -0.05) is 13.8 Å². The van der Waals surface area contributed by atoms with Crippen LogP contribution in [0.15, 0.2) is 5.38 Å². The number of carbonyl (C=O) groups is 1. The minimum atomic E-state index is -0.654. The molecule has 2 saturated heterocycles. The van der Waals surface area contributed by atoms with Gasteiger partial charge >= 0.3 is 0 Å². The van der Waals surface area contributed by atoms with Gasteiger partial charge in [0, 0.05) is 42.5 Å². The summed E-state index contributed by atoms with van der Waals surface area (Å²) in [5.74, 6) is 0.535. The molecule has 1 amide bonds. The summed E-state index contributed by atoms with van der Waals surface area (Å²) in [5, 5.41) is 13.2. The maximum Gasteiger partial charge on any atom is 0.254 e. The first-order valence-electron chi connectivity index (χ1n) is 9.13. The number of amides is 1. The molecule has 0 unspecified atom stereocenters. The number of thiophene rings is 1. The van der Waals surface area contributed by atoms with E-state index in [-0.39, 0.29) is 11.8 Å². The van der Waals surface area contributed by atoms with Crippen molar-refractivity contribution in [3.63, 3.8) is 0 Å². The predicted octanol–water partition coefficient (Wildman–Crippen LogP) is 3.26. The fraction of sp³-hybridized carbons (Fsp3) is 0.737. The number of hydrogen-bond acceptors (Lipinski definition) is 4. The van der Waals surface area contributed by atoms with E-state index in [2.05, 4.69) is 20.8 Å². The van der Waals surface area contributed by atoms with E-state index in [1.165, 1.54) is 10.4 Å². The first-order chi connectivity index (χ1) is 11.5. The van der Waals surface area contributed by atoms with Crippen molar-refractivity contribution in [2.45, 2.75) is 52.1 Å². The molecule has 0 aliphatic carbocycles. The second-order valence-corrected chi connectivity index (χ2v) is 8.40. The third kappa shape index (κ3) is 3.14. The Balaban J connectivity index is 1.71. The first kappa shape index (κ1) is 17.9. The van der Waals surface area contributed by atoms with Crippen molar-refractivity contribution in [3.05, 3.63) is 21.4 Å². The molecule has 3 rings (SSSR count). The molecule has 4 nitrogen and oxygen atoms in total. The van der Waals surface area contributed by atoms with Crippen molar-refractivity contribution in [3.8, 4) is 0 Å². The van der Waals surface area contributed by atoms with Gasteiger partial charge in [0.2, 0.25) is 0 Å². The van der Waals surface area contributed by atoms with Gasteiger partial charge in [0.05, 0.1) is 11.2 Å². The molecule has 0 bridgehead atoms. The number of ether oxygens (including phenoxy) is 1. The van der Waals surface area contributed by atoms with E-state index >= 15 is 0 Å². The summed E-state index contributed by atoms with van der Waals surface area (Å²) in [6.07, 6.45) is 3.43. The van der Waals surface area contributed by atoms with Gasteiger partial charge in [-0.2, -0.15) is 0 Å². The molecule has 0 saturated carbocycles. The molecule has 2 aliphatic heterocycles. The minimum Gasteiger partial charge on any atom is -0.389 e. The molecule has 2 fully saturated rings. The zero-order valence-corrected chi connectivity index (χ0v) is 15.8. The van der Waals surface area contributed by atoms with Crippen molar-refractivity contribution >= 4 is 17.2 Å². The number of carbonyl (C=O) groups excluding carboxylic acids is 1. The lowest BCUT2D eigenvalue weighted by atomic mass is 9.70. The molecular weight excluding hydrogens is 322 g/mol. The van der Waals surface area contributed by atoms with E-state index in [4.69, 9.17) is 4.74 Å². The van der Waals surface area contributed by atoms with Crippen LogP contribution >= 0.6 is 11.3 Å². The minimum absolute atomic E-state index is 0.100. The Morgan fingerprint density at radius 2 is 2.17 bits per heavy atom. The topological polar surface area (TPSA) is 49.8 Å². The number of piperidine rings is 1. The maximum atomic E-state index is 13.0. The summed E-state index contributed by atoms with van der Waals surface area (Å²) in [6, 6.07) is 0. The van der Waals surface area contributed by atoms with Gasteiger partial charge in [-0.25, -0.2) is 0 Å². The van der Waals surface area contributed by atoms with E-state index < -0.39 is 5.60 Å². The fourth-order valence-electron chi connectivity index (χ4n) is 4.40. The zero-order valence-electron chi connectivity index (χ0n) is 15.0. The van der Waals surface area contributed by atoms with E-state index in [0.29, 0.717) is 25.4 Å². The molecule has 5 heteroatoms. The average molecular weight is 352 g/mol. The Morgan fingerprint density at radius 3 is 2.79 bits per heavy atom. The van der Waals surface area contributed by atoms with Gasteiger partial charge in [-0.15, -0.1) is 11.3 Å². The quantitative estimate of drug-likeness (QED) is 0.909. The summed E-state index contributed by atoms with van der Waals surface area (Å²) in [5.41, 5.74) is 1.39. The van der Waals surface area contributed by atoms with Gasteiger partial charge in [0.1, 0.15) is 0 Å².